The van der Waals surface area contributed by atoms with E-state index >= 15 is 0 Å². The van der Waals surface area contributed by atoms with E-state index in [2.05, 4.69) is 36.5 Å². The Labute approximate surface area is 102 Å². The fourth-order valence-electron chi connectivity index (χ4n) is 1.76. The molecule has 0 aliphatic heterocycles. The standard InChI is InChI=1S/C12H22N2OS/c1-6-12(4,14-9(2)7-15-5)11-13-10(3)8-16-11/h8-9,14H,6-7H2,1-5H3. The number of aromatic nitrogens is 1. The van der Waals surface area contributed by atoms with E-state index in [0.29, 0.717) is 6.04 Å². The zero-order chi connectivity index (χ0) is 12.2. The first-order valence-electron chi connectivity index (χ1n) is 5.71. The summed E-state index contributed by atoms with van der Waals surface area (Å²) < 4.78 is 5.16. The summed E-state index contributed by atoms with van der Waals surface area (Å²) in [6.45, 7) is 9.28. The topological polar surface area (TPSA) is 34.1 Å². The molecule has 0 saturated carbocycles. The van der Waals surface area contributed by atoms with Gasteiger partial charge in [0.1, 0.15) is 5.01 Å². The van der Waals surface area contributed by atoms with E-state index in [0.717, 1.165) is 23.7 Å². The fourth-order valence-corrected chi connectivity index (χ4v) is 2.75. The average Bonchev–Trinajstić information content (AvgIpc) is 2.65. The molecule has 0 spiro atoms. The molecule has 3 nitrogen and oxygen atoms in total. The summed E-state index contributed by atoms with van der Waals surface area (Å²) in [6.07, 6.45) is 1.02. The molecule has 0 aliphatic carbocycles. The van der Waals surface area contributed by atoms with E-state index in [1.54, 1.807) is 18.4 Å². The van der Waals surface area contributed by atoms with Crippen molar-refractivity contribution >= 4 is 11.3 Å². The molecule has 16 heavy (non-hydrogen) atoms. The molecule has 4 heteroatoms. The zero-order valence-corrected chi connectivity index (χ0v) is 11.6. The molecule has 92 valence electrons. The Balaban J connectivity index is 2.77. The first kappa shape index (κ1) is 13.6. The van der Waals surface area contributed by atoms with Gasteiger partial charge in [-0.1, -0.05) is 6.92 Å². The van der Waals surface area contributed by atoms with Gasteiger partial charge >= 0.3 is 0 Å². The highest BCUT2D eigenvalue weighted by molar-refractivity contribution is 7.09. The Hall–Kier alpha value is -0.450. The molecule has 0 aromatic carbocycles. The minimum atomic E-state index is -0.0448. The van der Waals surface area contributed by atoms with Gasteiger partial charge in [-0.15, -0.1) is 11.3 Å². The SMILES string of the molecule is CCC(C)(NC(C)COC)c1nc(C)cs1. The summed E-state index contributed by atoms with van der Waals surface area (Å²) >= 11 is 1.73. The highest BCUT2D eigenvalue weighted by Crippen LogP contribution is 2.27. The summed E-state index contributed by atoms with van der Waals surface area (Å²) in [4.78, 5) is 4.58. The molecular weight excluding hydrogens is 220 g/mol. The number of nitrogens with zero attached hydrogens (tertiary/aromatic N) is 1. The van der Waals surface area contributed by atoms with Crippen molar-refractivity contribution in [1.82, 2.24) is 10.3 Å². The number of rotatable bonds is 6. The Bertz CT molecular complexity index is 327. The van der Waals surface area contributed by atoms with Crippen LogP contribution in [-0.2, 0) is 10.3 Å². The molecule has 0 amide bonds. The third-order valence-corrected chi connectivity index (χ3v) is 4.00. The van der Waals surface area contributed by atoms with Crippen LogP contribution in [-0.4, -0.2) is 24.7 Å². The van der Waals surface area contributed by atoms with Crippen molar-refractivity contribution in [1.29, 1.82) is 0 Å². The maximum absolute atomic E-state index is 5.16. The lowest BCUT2D eigenvalue weighted by atomic mass is 9.98. The quantitative estimate of drug-likeness (QED) is 0.833. The van der Waals surface area contributed by atoms with Gasteiger partial charge in [0.15, 0.2) is 0 Å². The molecule has 1 rings (SSSR count). The van der Waals surface area contributed by atoms with Crippen molar-refractivity contribution in [3.05, 3.63) is 16.1 Å². The molecule has 0 fully saturated rings. The molecule has 2 atom stereocenters. The first-order chi connectivity index (χ1) is 7.51. The Morgan fingerprint density at radius 3 is 2.75 bits per heavy atom. The van der Waals surface area contributed by atoms with E-state index in [9.17, 15) is 0 Å². The Kier molecular flexibility index (Phi) is 4.89. The lowest BCUT2D eigenvalue weighted by molar-refractivity contribution is 0.152. The number of hydrogen-bond acceptors (Lipinski definition) is 4. The predicted octanol–water partition coefficient (Wildman–Crippen LogP) is 2.70. The number of hydrogen-bond donors (Lipinski definition) is 1. The second-order valence-corrected chi connectivity index (χ2v) is 5.34. The lowest BCUT2D eigenvalue weighted by Crippen LogP contribution is -2.46. The van der Waals surface area contributed by atoms with E-state index in [4.69, 9.17) is 4.74 Å². The molecule has 2 unspecified atom stereocenters. The Morgan fingerprint density at radius 1 is 1.62 bits per heavy atom. The van der Waals surface area contributed by atoms with Crippen LogP contribution in [0.2, 0.25) is 0 Å². The molecule has 1 aromatic heterocycles. The fraction of sp³-hybridized carbons (Fsp3) is 0.750. The second kappa shape index (κ2) is 5.75. The van der Waals surface area contributed by atoms with Crippen molar-refractivity contribution < 1.29 is 4.74 Å². The van der Waals surface area contributed by atoms with Crippen LogP contribution in [0.1, 0.15) is 37.9 Å². The highest BCUT2D eigenvalue weighted by Gasteiger charge is 2.28. The predicted molar refractivity (Wildman–Crippen MR) is 69.0 cm³/mol. The van der Waals surface area contributed by atoms with E-state index in [-0.39, 0.29) is 5.54 Å². The van der Waals surface area contributed by atoms with Gasteiger partial charge in [0.2, 0.25) is 0 Å². The highest BCUT2D eigenvalue weighted by atomic mass is 32.1. The van der Waals surface area contributed by atoms with Gasteiger partial charge < -0.3 is 10.1 Å². The molecule has 1 N–H and O–H groups in total. The van der Waals surface area contributed by atoms with Gasteiger partial charge in [0, 0.05) is 24.2 Å². The number of aryl methyl sites for hydroxylation is 1. The van der Waals surface area contributed by atoms with E-state index in [1.165, 1.54) is 0 Å². The minimum absolute atomic E-state index is 0.0448. The smallest absolute Gasteiger partial charge is 0.113 e. The van der Waals surface area contributed by atoms with E-state index in [1.807, 2.05) is 6.92 Å². The van der Waals surface area contributed by atoms with Gasteiger partial charge in [-0.25, -0.2) is 4.98 Å². The van der Waals surface area contributed by atoms with Crippen LogP contribution in [0.25, 0.3) is 0 Å². The number of thiazole rings is 1. The average molecular weight is 242 g/mol. The molecule has 0 radical (unpaired) electrons. The van der Waals surface area contributed by atoms with Gasteiger partial charge in [-0.3, -0.25) is 0 Å². The molecule has 1 heterocycles. The van der Waals surface area contributed by atoms with Crippen LogP contribution in [0, 0.1) is 6.92 Å². The number of ether oxygens (including phenoxy) is 1. The third kappa shape index (κ3) is 3.27. The number of methoxy groups -OCH3 is 1. The van der Waals surface area contributed by atoms with Crippen LogP contribution in [0.5, 0.6) is 0 Å². The minimum Gasteiger partial charge on any atom is -0.383 e. The monoisotopic (exact) mass is 242 g/mol. The summed E-state index contributed by atoms with van der Waals surface area (Å²) in [5.41, 5.74) is 1.05. The summed E-state index contributed by atoms with van der Waals surface area (Å²) in [7, 11) is 1.73. The first-order valence-corrected chi connectivity index (χ1v) is 6.59. The summed E-state index contributed by atoms with van der Waals surface area (Å²) in [5.74, 6) is 0. The Morgan fingerprint density at radius 2 is 2.31 bits per heavy atom. The molecule has 1 aromatic rings. The lowest BCUT2D eigenvalue weighted by Gasteiger charge is -2.31. The van der Waals surface area contributed by atoms with Crippen molar-refractivity contribution in [2.24, 2.45) is 0 Å². The normalized spacial score (nSPS) is 17.1. The summed E-state index contributed by atoms with van der Waals surface area (Å²) in [5, 5.41) is 6.86. The van der Waals surface area contributed by atoms with Gasteiger partial charge in [-0.05, 0) is 27.2 Å². The molecular formula is C12H22N2OS. The molecule has 0 bridgehead atoms. The third-order valence-electron chi connectivity index (χ3n) is 2.78. The summed E-state index contributed by atoms with van der Waals surface area (Å²) in [6, 6.07) is 0.333. The van der Waals surface area contributed by atoms with Gasteiger partial charge in [0.05, 0.1) is 12.1 Å². The van der Waals surface area contributed by atoms with Crippen molar-refractivity contribution in [2.45, 2.75) is 45.7 Å². The van der Waals surface area contributed by atoms with Crippen molar-refractivity contribution in [2.75, 3.05) is 13.7 Å². The largest absolute Gasteiger partial charge is 0.383 e. The van der Waals surface area contributed by atoms with Crippen molar-refractivity contribution in [3.63, 3.8) is 0 Å². The maximum Gasteiger partial charge on any atom is 0.113 e. The zero-order valence-electron chi connectivity index (χ0n) is 10.8. The van der Waals surface area contributed by atoms with Crippen LogP contribution < -0.4 is 5.32 Å². The molecule has 0 aliphatic rings. The van der Waals surface area contributed by atoms with Crippen LogP contribution in [0.4, 0.5) is 0 Å². The van der Waals surface area contributed by atoms with Gasteiger partial charge in [0.25, 0.3) is 0 Å². The van der Waals surface area contributed by atoms with E-state index < -0.39 is 0 Å². The van der Waals surface area contributed by atoms with Crippen LogP contribution in [0.3, 0.4) is 0 Å². The second-order valence-electron chi connectivity index (χ2n) is 4.48. The number of nitrogens with one attached hydrogen (secondary N) is 1. The molecule has 0 saturated heterocycles. The van der Waals surface area contributed by atoms with Crippen molar-refractivity contribution in [3.8, 4) is 0 Å². The maximum atomic E-state index is 5.16. The van der Waals surface area contributed by atoms with Crippen LogP contribution >= 0.6 is 11.3 Å². The van der Waals surface area contributed by atoms with Gasteiger partial charge in [-0.2, -0.15) is 0 Å². The van der Waals surface area contributed by atoms with Crippen LogP contribution in [0.15, 0.2) is 5.38 Å².